The Morgan fingerprint density at radius 1 is 1.32 bits per heavy atom. The normalized spacial score (nSPS) is 17.0. The first-order chi connectivity index (χ1) is 12.0. The van der Waals surface area contributed by atoms with Crippen LogP contribution in [-0.2, 0) is 16.0 Å². The minimum absolute atomic E-state index is 0.0546. The second-order valence-corrected chi connectivity index (χ2v) is 6.84. The van der Waals surface area contributed by atoms with Crippen LogP contribution in [0.25, 0.3) is 0 Å². The fraction of sp³-hybridized carbons (Fsp3) is 0.389. The predicted octanol–water partition coefficient (Wildman–Crippen LogP) is 2.38. The molecule has 1 aromatic rings. The van der Waals surface area contributed by atoms with Crippen molar-refractivity contribution in [3.63, 3.8) is 0 Å². The standard InChI is InChI=1S/C18H22N2O4S/c1-3-4-5-16(21)20(2)10-11-24-14-8-6-13(7-9-14)12-15-17(22)19-18(23)25-15/h3-4,6-9,15H,5,10-12H2,1-2H3,(H,19,22,23)/b4-3+. The summed E-state index contributed by atoms with van der Waals surface area (Å²) in [5.41, 5.74) is 0.966. The Kier molecular flexibility index (Phi) is 7.06. The highest BCUT2D eigenvalue weighted by Crippen LogP contribution is 2.23. The Labute approximate surface area is 151 Å². The van der Waals surface area contributed by atoms with E-state index in [1.54, 1.807) is 11.9 Å². The number of carbonyl (C=O) groups is 3. The van der Waals surface area contributed by atoms with Crippen LogP contribution in [-0.4, -0.2) is 47.4 Å². The van der Waals surface area contributed by atoms with Gasteiger partial charge in [-0.15, -0.1) is 0 Å². The summed E-state index contributed by atoms with van der Waals surface area (Å²) >= 11 is 1.02. The maximum Gasteiger partial charge on any atom is 0.286 e. The molecule has 0 aliphatic carbocycles. The molecule has 25 heavy (non-hydrogen) atoms. The van der Waals surface area contributed by atoms with Crippen molar-refractivity contribution < 1.29 is 19.1 Å². The van der Waals surface area contributed by atoms with E-state index in [4.69, 9.17) is 4.74 Å². The third kappa shape index (κ3) is 5.94. The van der Waals surface area contributed by atoms with Gasteiger partial charge in [-0.25, -0.2) is 0 Å². The largest absolute Gasteiger partial charge is 0.492 e. The molecule has 134 valence electrons. The molecule has 0 aromatic heterocycles. The average molecular weight is 362 g/mol. The van der Waals surface area contributed by atoms with Crippen molar-refractivity contribution in [2.24, 2.45) is 0 Å². The van der Waals surface area contributed by atoms with Crippen molar-refractivity contribution in [2.75, 3.05) is 20.2 Å². The molecule has 1 fully saturated rings. The molecule has 0 bridgehead atoms. The molecule has 1 aromatic carbocycles. The Balaban J connectivity index is 1.76. The van der Waals surface area contributed by atoms with E-state index in [-0.39, 0.29) is 22.3 Å². The van der Waals surface area contributed by atoms with Crippen molar-refractivity contribution >= 4 is 28.8 Å². The van der Waals surface area contributed by atoms with E-state index in [1.165, 1.54) is 0 Å². The number of imide groups is 1. The van der Waals surface area contributed by atoms with Crippen LogP contribution in [0.3, 0.4) is 0 Å². The predicted molar refractivity (Wildman–Crippen MR) is 97.6 cm³/mol. The molecule has 1 aliphatic rings. The monoisotopic (exact) mass is 362 g/mol. The fourth-order valence-electron chi connectivity index (χ4n) is 2.26. The summed E-state index contributed by atoms with van der Waals surface area (Å²) in [6.45, 7) is 2.81. The van der Waals surface area contributed by atoms with Crippen molar-refractivity contribution in [3.8, 4) is 5.75 Å². The number of allylic oxidation sites excluding steroid dienone is 1. The van der Waals surface area contributed by atoms with E-state index >= 15 is 0 Å². The molecule has 1 N–H and O–H groups in total. The van der Waals surface area contributed by atoms with Crippen LogP contribution in [0.2, 0.25) is 0 Å². The molecule has 1 heterocycles. The van der Waals surface area contributed by atoms with Gasteiger partial charge >= 0.3 is 0 Å². The first-order valence-corrected chi connectivity index (χ1v) is 8.96. The van der Waals surface area contributed by atoms with Crippen LogP contribution < -0.4 is 10.1 Å². The highest BCUT2D eigenvalue weighted by molar-refractivity contribution is 8.15. The van der Waals surface area contributed by atoms with Crippen LogP contribution in [0.4, 0.5) is 4.79 Å². The smallest absolute Gasteiger partial charge is 0.286 e. The zero-order valence-corrected chi connectivity index (χ0v) is 15.2. The molecule has 0 radical (unpaired) electrons. The first kappa shape index (κ1) is 19.1. The van der Waals surface area contributed by atoms with E-state index < -0.39 is 0 Å². The summed E-state index contributed by atoms with van der Waals surface area (Å²) in [7, 11) is 1.75. The summed E-state index contributed by atoms with van der Waals surface area (Å²) < 4.78 is 5.64. The number of amides is 3. The highest BCUT2D eigenvalue weighted by Gasteiger charge is 2.31. The van der Waals surface area contributed by atoms with Crippen LogP contribution in [0.5, 0.6) is 5.75 Å². The van der Waals surface area contributed by atoms with Crippen LogP contribution in [0, 0.1) is 0 Å². The number of carbonyl (C=O) groups excluding carboxylic acids is 3. The maximum atomic E-state index is 11.8. The van der Waals surface area contributed by atoms with E-state index in [1.807, 2.05) is 43.3 Å². The summed E-state index contributed by atoms with van der Waals surface area (Å²) in [6.07, 6.45) is 4.59. The van der Waals surface area contributed by atoms with Crippen molar-refractivity contribution in [1.29, 1.82) is 0 Å². The van der Waals surface area contributed by atoms with Crippen molar-refractivity contribution in [2.45, 2.75) is 25.0 Å². The van der Waals surface area contributed by atoms with Crippen LogP contribution >= 0.6 is 11.8 Å². The highest BCUT2D eigenvalue weighted by atomic mass is 32.2. The van der Waals surface area contributed by atoms with Gasteiger partial charge in [-0.2, -0.15) is 0 Å². The number of hydrogen-bond donors (Lipinski definition) is 1. The summed E-state index contributed by atoms with van der Waals surface area (Å²) in [5.74, 6) is 0.525. The number of nitrogens with one attached hydrogen (secondary N) is 1. The van der Waals surface area contributed by atoms with Gasteiger partial charge in [-0.1, -0.05) is 36.0 Å². The molecular formula is C18H22N2O4S. The molecule has 6 nitrogen and oxygen atoms in total. The van der Waals surface area contributed by atoms with Crippen LogP contribution in [0.15, 0.2) is 36.4 Å². The average Bonchev–Trinajstić information content (AvgIpc) is 2.91. The summed E-state index contributed by atoms with van der Waals surface area (Å²) in [5, 5.41) is 1.63. The number of ether oxygens (including phenoxy) is 1. The Morgan fingerprint density at radius 3 is 2.64 bits per heavy atom. The number of benzene rings is 1. The first-order valence-electron chi connectivity index (χ1n) is 8.08. The Morgan fingerprint density at radius 2 is 2.04 bits per heavy atom. The van der Waals surface area contributed by atoms with Gasteiger partial charge in [0.25, 0.3) is 5.24 Å². The molecule has 0 saturated carbocycles. The van der Waals surface area contributed by atoms with Gasteiger partial charge < -0.3 is 9.64 Å². The van der Waals surface area contributed by atoms with Crippen molar-refractivity contribution in [3.05, 3.63) is 42.0 Å². The SMILES string of the molecule is C/C=C/CC(=O)N(C)CCOc1ccc(CC2SC(=O)NC2=O)cc1. The molecule has 7 heteroatoms. The van der Waals surface area contributed by atoms with E-state index in [0.717, 1.165) is 17.3 Å². The van der Waals surface area contributed by atoms with Gasteiger partial charge in [0.2, 0.25) is 11.8 Å². The lowest BCUT2D eigenvalue weighted by Crippen LogP contribution is -2.30. The maximum absolute atomic E-state index is 11.8. The van der Waals surface area contributed by atoms with Gasteiger partial charge in [0.1, 0.15) is 12.4 Å². The molecule has 1 unspecified atom stereocenters. The lowest BCUT2D eigenvalue weighted by Gasteiger charge is -2.16. The minimum atomic E-state index is -0.365. The van der Waals surface area contributed by atoms with Crippen LogP contribution in [0.1, 0.15) is 18.9 Å². The fourth-order valence-corrected chi connectivity index (χ4v) is 3.12. The second-order valence-electron chi connectivity index (χ2n) is 5.67. The lowest BCUT2D eigenvalue weighted by atomic mass is 10.1. The second kappa shape index (κ2) is 9.27. The lowest BCUT2D eigenvalue weighted by molar-refractivity contribution is -0.129. The Hall–Kier alpha value is -2.28. The number of hydrogen-bond acceptors (Lipinski definition) is 5. The Bertz CT molecular complexity index is 658. The molecule has 2 rings (SSSR count). The summed E-state index contributed by atoms with van der Waals surface area (Å²) in [4.78, 5) is 36.1. The number of likely N-dealkylation sites (N-methyl/N-ethyl adjacent to an activating group) is 1. The third-order valence-electron chi connectivity index (χ3n) is 3.76. The quantitative estimate of drug-likeness (QED) is 0.719. The van der Waals surface area contributed by atoms with E-state index in [0.29, 0.717) is 31.7 Å². The molecule has 0 spiro atoms. The number of thioether (sulfide) groups is 1. The van der Waals surface area contributed by atoms with Crippen molar-refractivity contribution in [1.82, 2.24) is 10.2 Å². The topological polar surface area (TPSA) is 75.7 Å². The zero-order valence-electron chi connectivity index (χ0n) is 14.4. The van der Waals surface area contributed by atoms with Gasteiger partial charge in [0.05, 0.1) is 11.8 Å². The van der Waals surface area contributed by atoms with Gasteiger partial charge in [0, 0.05) is 13.5 Å². The third-order valence-corrected chi connectivity index (χ3v) is 4.74. The zero-order chi connectivity index (χ0) is 18.2. The van der Waals surface area contributed by atoms with E-state index in [2.05, 4.69) is 5.32 Å². The molecule has 3 amide bonds. The number of rotatable bonds is 8. The van der Waals surface area contributed by atoms with Gasteiger partial charge in [-0.05, 0) is 31.0 Å². The van der Waals surface area contributed by atoms with E-state index in [9.17, 15) is 14.4 Å². The molecular weight excluding hydrogens is 340 g/mol. The van der Waals surface area contributed by atoms with Gasteiger partial charge in [0.15, 0.2) is 0 Å². The molecule has 1 aliphatic heterocycles. The molecule has 1 saturated heterocycles. The minimum Gasteiger partial charge on any atom is -0.492 e. The summed E-state index contributed by atoms with van der Waals surface area (Å²) in [6, 6.07) is 7.42. The molecule has 1 atom stereocenters. The van der Waals surface area contributed by atoms with Gasteiger partial charge in [-0.3, -0.25) is 19.7 Å². The number of nitrogens with zero attached hydrogens (tertiary/aromatic N) is 1.